The first-order valence-corrected chi connectivity index (χ1v) is 9.98. The van der Waals surface area contributed by atoms with Gasteiger partial charge in [-0.05, 0) is 55.3 Å². The number of aliphatic imine (C=N–C) groups is 1. The highest BCUT2D eigenvalue weighted by atomic mass is 127. The molecule has 2 N–H and O–H groups in total. The second kappa shape index (κ2) is 10.8. The number of hydrogen-bond acceptors (Lipinski definition) is 3. The Morgan fingerprint density at radius 2 is 2.04 bits per heavy atom. The molecule has 4 nitrogen and oxygen atoms in total. The van der Waals surface area contributed by atoms with E-state index in [2.05, 4.69) is 69.2 Å². The predicted octanol–water partition coefficient (Wildman–Crippen LogP) is 4.44. The normalized spacial score (nSPS) is 15.5. The molecule has 26 heavy (non-hydrogen) atoms. The summed E-state index contributed by atoms with van der Waals surface area (Å²) in [4.78, 5) is 8.23. The van der Waals surface area contributed by atoms with Crippen LogP contribution in [0.5, 0.6) is 0 Å². The van der Waals surface area contributed by atoms with E-state index in [4.69, 9.17) is 0 Å². The lowest BCUT2D eigenvalue weighted by atomic mass is 10.1. The number of thiophene rings is 1. The van der Waals surface area contributed by atoms with E-state index in [1.807, 2.05) is 7.05 Å². The van der Waals surface area contributed by atoms with Gasteiger partial charge in [0.1, 0.15) is 0 Å². The zero-order valence-corrected chi connectivity index (χ0v) is 18.7. The van der Waals surface area contributed by atoms with Crippen LogP contribution in [0.2, 0.25) is 0 Å². The average Bonchev–Trinajstić information content (AvgIpc) is 3.34. The Morgan fingerprint density at radius 3 is 2.73 bits per heavy atom. The molecule has 1 atom stereocenters. The molecule has 0 spiro atoms. The van der Waals surface area contributed by atoms with E-state index >= 15 is 0 Å². The largest absolute Gasteiger partial charge is 0.372 e. The first-order chi connectivity index (χ1) is 12.3. The molecule has 1 saturated heterocycles. The minimum Gasteiger partial charge on any atom is -0.372 e. The first-order valence-electron chi connectivity index (χ1n) is 9.11. The quantitative estimate of drug-likeness (QED) is 0.362. The first kappa shape index (κ1) is 21.0. The lowest BCUT2D eigenvalue weighted by molar-refractivity contribution is 0.684. The third-order valence-corrected chi connectivity index (χ3v) is 5.60. The van der Waals surface area contributed by atoms with Crippen molar-refractivity contribution in [3.8, 4) is 0 Å². The van der Waals surface area contributed by atoms with E-state index in [1.54, 1.807) is 11.3 Å². The van der Waals surface area contributed by atoms with Gasteiger partial charge in [0, 0.05) is 37.2 Å². The number of rotatable bonds is 6. The summed E-state index contributed by atoms with van der Waals surface area (Å²) < 4.78 is 0. The van der Waals surface area contributed by atoms with Crippen LogP contribution in [0, 0.1) is 0 Å². The molecule has 0 bridgehead atoms. The van der Waals surface area contributed by atoms with Crippen molar-refractivity contribution in [2.45, 2.75) is 32.2 Å². The minimum absolute atomic E-state index is 0. The Labute approximate surface area is 178 Å². The minimum atomic E-state index is 0. The maximum absolute atomic E-state index is 4.36. The van der Waals surface area contributed by atoms with Gasteiger partial charge in [-0.15, -0.1) is 35.3 Å². The monoisotopic (exact) mass is 484 g/mol. The molecule has 0 radical (unpaired) electrons. The van der Waals surface area contributed by atoms with Gasteiger partial charge in [0.15, 0.2) is 5.96 Å². The van der Waals surface area contributed by atoms with E-state index in [0.717, 1.165) is 18.9 Å². The highest BCUT2D eigenvalue weighted by molar-refractivity contribution is 14.0. The SMILES string of the molecule is CN=C(NCCc1cccs1)NC(C)c1cccc(N2CCCC2)c1.I. The number of anilines is 1. The maximum Gasteiger partial charge on any atom is 0.191 e. The molecule has 0 saturated carbocycles. The van der Waals surface area contributed by atoms with Gasteiger partial charge in [-0.3, -0.25) is 4.99 Å². The van der Waals surface area contributed by atoms with Gasteiger partial charge in [-0.2, -0.15) is 0 Å². The number of guanidine groups is 1. The fraction of sp³-hybridized carbons (Fsp3) is 0.450. The Bertz CT molecular complexity index is 681. The molecule has 0 aliphatic carbocycles. The molecule has 1 aromatic carbocycles. The van der Waals surface area contributed by atoms with Gasteiger partial charge in [0.2, 0.25) is 0 Å². The Kier molecular flexibility index (Phi) is 8.71. The highest BCUT2D eigenvalue weighted by Gasteiger charge is 2.14. The smallest absolute Gasteiger partial charge is 0.191 e. The van der Waals surface area contributed by atoms with Crippen LogP contribution in [0.3, 0.4) is 0 Å². The summed E-state index contributed by atoms with van der Waals surface area (Å²) in [5.74, 6) is 0.857. The molecule has 142 valence electrons. The van der Waals surface area contributed by atoms with Gasteiger partial charge in [-0.1, -0.05) is 18.2 Å². The standard InChI is InChI=1S/C20H28N4S.HI/c1-16(17-7-5-8-18(15-17)24-12-3-4-13-24)23-20(21-2)22-11-10-19-9-6-14-25-19;/h5-9,14-16H,3-4,10-13H2,1-2H3,(H2,21,22,23);1H. The van der Waals surface area contributed by atoms with Crippen LogP contribution < -0.4 is 15.5 Å². The molecule has 0 amide bonds. The van der Waals surface area contributed by atoms with Gasteiger partial charge in [0.05, 0.1) is 6.04 Å². The molecule has 1 fully saturated rings. The molecular weight excluding hydrogens is 455 g/mol. The molecular formula is C20H29IN4S. The van der Waals surface area contributed by atoms with E-state index in [9.17, 15) is 0 Å². The van der Waals surface area contributed by atoms with Crippen LogP contribution in [0.25, 0.3) is 0 Å². The van der Waals surface area contributed by atoms with Crippen molar-refractivity contribution in [3.63, 3.8) is 0 Å². The van der Waals surface area contributed by atoms with Crippen molar-refractivity contribution in [1.29, 1.82) is 0 Å². The summed E-state index contributed by atoms with van der Waals surface area (Å²) in [6, 6.07) is 13.4. The molecule has 6 heteroatoms. The van der Waals surface area contributed by atoms with Crippen LogP contribution >= 0.6 is 35.3 Å². The molecule has 2 heterocycles. The van der Waals surface area contributed by atoms with E-state index in [1.165, 1.54) is 42.1 Å². The lowest BCUT2D eigenvalue weighted by Crippen LogP contribution is -2.39. The lowest BCUT2D eigenvalue weighted by Gasteiger charge is -2.22. The summed E-state index contributed by atoms with van der Waals surface area (Å²) in [6.07, 6.45) is 3.63. The molecule has 1 aromatic heterocycles. The van der Waals surface area contributed by atoms with Gasteiger partial charge in [-0.25, -0.2) is 0 Å². The summed E-state index contributed by atoms with van der Waals surface area (Å²) in [5, 5.41) is 9.04. The topological polar surface area (TPSA) is 39.7 Å². The average molecular weight is 484 g/mol. The maximum atomic E-state index is 4.36. The Morgan fingerprint density at radius 1 is 1.23 bits per heavy atom. The predicted molar refractivity (Wildman–Crippen MR) is 124 cm³/mol. The van der Waals surface area contributed by atoms with Crippen molar-refractivity contribution in [1.82, 2.24) is 10.6 Å². The van der Waals surface area contributed by atoms with E-state index in [-0.39, 0.29) is 30.0 Å². The number of nitrogens with one attached hydrogen (secondary N) is 2. The Balaban J connectivity index is 0.00000243. The van der Waals surface area contributed by atoms with Crippen LogP contribution in [-0.4, -0.2) is 32.6 Å². The zero-order chi connectivity index (χ0) is 17.5. The van der Waals surface area contributed by atoms with E-state index < -0.39 is 0 Å². The van der Waals surface area contributed by atoms with E-state index in [0.29, 0.717) is 0 Å². The fourth-order valence-corrected chi connectivity index (χ4v) is 3.92. The van der Waals surface area contributed by atoms with Crippen molar-refractivity contribution >= 4 is 47.0 Å². The Hall–Kier alpha value is -1.28. The number of nitrogens with zero attached hydrogens (tertiary/aromatic N) is 2. The molecule has 2 aromatic rings. The molecule has 1 unspecified atom stereocenters. The number of hydrogen-bond donors (Lipinski definition) is 2. The van der Waals surface area contributed by atoms with Crippen LogP contribution in [-0.2, 0) is 6.42 Å². The molecule has 1 aliphatic heterocycles. The van der Waals surface area contributed by atoms with Crippen LogP contribution in [0.4, 0.5) is 5.69 Å². The summed E-state index contributed by atoms with van der Waals surface area (Å²) in [7, 11) is 1.83. The number of halogens is 1. The van der Waals surface area contributed by atoms with Crippen molar-refractivity contribution in [3.05, 3.63) is 52.2 Å². The second-order valence-corrected chi connectivity index (χ2v) is 7.52. The third-order valence-electron chi connectivity index (χ3n) is 4.66. The molecule has 3 rings (SSSR count). The van der Waals surface area contributed by atoms with Crippen molar-refractivity contribution in [2.75, 3.05) is 31.6 Å². The van der Waals surface area contributed by atoms with Gasteiger partial charge < -0.3 is 15.5 Å². The zero-order valence-electron chi connectivity index (χ0n) is 15.6. The fourth-order valence-electron chi connectivity index (χ4n) is 3.21. The van der Waals surface area contributed by atoms with Crippen molar-refractivity contribution < 1.29 is 0 Å². The summed E-state index contributed by atoms with van der Waals surface area (Å²) >= 11 is 1.80. The van der Waals surface area contributed by atoms with Gasteiger partial charge in [0.25, 0.3) is 0 Å². The number of benzene rings is 1. The summed E-state index contributed by atoms with van der Waals surface area (Å²) in [5.41, 5.74) is 2.63. The van der Waals surface area contributed by atoms with Gasteiger partial charge >= 0.3 is 0 Å². The third kappa shape index (κ3) is 5.87. The van der Waals surface area contributed by atoms with Crippen LogP contribution in [0.1, 0.15) is 36.2 Å². The molecule has 1 aliphatic rings. The second-order valence-electron chi connectivity index (χ2n) is 6.48. The highest BCUT2D eigenvalue weighted by Crippen LogP contribution is 2.23. The summed E-state index contributed by atoms with van der Waals surface area (Å²) in [6.45, 7) is 5.43. The van der Waals surface area contributed by atoms with Crippen molar-refractivity contribution in [2.24, 2.45) is 4.99 Å². The van der Waals surface area contributed by atoms with Crippen LogP contribution in [0.15, 0.2) is 46.8 Å².